The maximum Gasteiger partial charge on any atom is 0.129 e. The topological polar surface area (TPSA) is 39.7 Å². The molecule has 1 aromatic rings. The molecule has 4 nitrogen and oxygen atoms in total. The van der Waals surface area contributed by atoms with E-state index in [4.69, 9.17) is 14.2 Å². The Morgan fingerprint density at radius 2 is 2.14 bits per heavy atom. The minimum atomic E-state index is -0.0810. The van der Waals surface area contributed by atoms with Gasteiger partial charge in [-0.3, -0.25) is 0 Å². The van der Waals surface area contributed by atoms with Gasteiger partial charge in [0, 0.05) is 25.2 Å². The summed E-state index contributed by atoms with van der Waals surface area (Å²) in [6.45, 7) is 4.87. The van der Waals surface area contributed by atoms with Crippen molar-refractivity contribution in [3.8, 4) is 11.5 Å². The molecule has 1 spiro atoms. The van der Waals surface area contributed by atoms with Crippen LogP contribution >= 0.6 is 0 Å². The molecule has 2 aliphatic rings. The lowest BCUT2D eigenvalue weighted by atomic mass is 9.82. The molecule has 3 rings (SSSR count). The standard InChI is InChI=1S/C17H25NO3/c1-3-10-20-13-4-5-14-15(11-13)21-17(12-16(14)19-2)6-8-18-9-7-17/h4-5,11,16,18H,3,6-10,12H2,1-2H3. The third-order valence-corrected chi connectivity index (χ3v) is 4.49. The van der Waals surface area contributed by atoms with Gasteiger partial charge in [-0.05, 0) is 44.5 Å². The number of ether oxygens (including phenoxy) is 3. The van der Waals surface area contributed by atoms with Crippen LogP contribution in [0.3, 0.4) is 0 Å². The second kappa shape index (κ2) is 6.24. The van der Waals surface area contributed by atoms with Crippen molar-refractivity contribution in [3.05, 3.63) is 23.8 Å². The van der Waals surface area contributed by atoms with Gasteiger partial charge in [-0.2, -0.15) is 0 Å². The number of hydrogen-bond donors (Lipinski definition) is 1. The van der Waals surface area contributed by atoms with Crippen LogP contribution in [0.1, 0.15) is 44.3 Å². The van der Waals surface area contributed by atoms with E-state index in [-0.39, 0.29) is 11.7 Å². The van der Waals surface area contributed by atoms with E-state index in [1.54, 1.807) is 7.11 Å². The summed E-state index contributed by atoms with van der Waals surface area (Å²) in [5.74, 6) is 1.82. The van der Waals surface area contributed by atoms with Gasteiger partial charge in [0.25, 0.3) is 0 Å². The molecule has 1 saturated heterocycles. The van der Waals surface area contributed by atoms with Crippen LogP contribution in [0.15, 0.2) is 18.2 Å². The fourth-order valence-electron chi connectivity index (χ4n) is 3.30. The maximum atomic E-state index is 6.41. The van der Waals surface area contributed by atoms with E-state index in [1.807, 2.05) is 12.1 Å². The largest absolute Gasteiger partial charge is 0.493 e. The maximum absolute atomic E-state index is 6.41. The molecule has 1 unspecified atom stereocenters. The number of nitrogens with one attached hydrogen (secondary N) is 1. The quantitative estimate of drug-likeness (QED) is 0.925. The Hall–Kier alpha value is -1.26. The van der Waals surface area contributed by atoms with E-state index in [9.17, 15) is 0 Å². The third kappa shape index (κ3) is 3.01. The first-order chi connectivity index (χ1) is 10.3. The van der Waals surface area contributed by atoms with Crippen molar-refractivity contribution < 1.29 is 14.2 Å². The van der Waals surface area contributed by atoms with Gasteiger partial charge in [0.1, 0.15) is 17.1 Å². The molecule has 1 atom stereocenters. The fourth-order valence-corrected chi connectivity index (χ4v) is 3.30. The van der Waals surface area contributed by atoms with Crippen LogP contribution in [-0.4, -0.2) is 32.4 Å². The molecule has 2 aliphatic heterocycles. The van der Waals surface area contributed by atoms with Crippen LogP contribution < -0.4 is 14.8 Å². The molecule has 0 aromatic heterocycles. The molecule has 0 radical (unpaired) electrons. The van der Waals surface area contributed by atoms with Crippen LogP contribution in [0.2, 0.25) is 0 Å². The van der Waals surface area contributed by atoms with Crippen LogP contribution in [0, 0.1) is 0 Å². The van der Waals surface area contributed by atoms with Crippen molar-refractivity contribution in [2.75, 3.05) is 26.8 Å². The molecule has 0 amide bonds. The summed E-state index contributed by atoms with van der Waals surface area (Å²) in [6, 6.07) is 6.13. The van der Waals surface area contributed by atoms with Gasteiger partial charge in [-0.15, -0.1) is 0 Å². The van der Waals surface area contributed by atoms with Gasteiger partial charge in [-0.25, -0.2) is 0 Å². The van der Waals surface area contributed by atoms with Crippen molar-refractivity contribution in [1.82, 2.24) is 5.32 Å². The number of rotatable bonds is 4. The van der Waals surface area contributed by atoms with Crippen molar-refractivity contribution in [3.63, 3.8) is 0 Å². The van der Waals surface area contributed by atoms with Gasteiger partial charge in [0.05, 0.1) is 12.7 Å². The normalized spacial score (nSPS) is 23.4. The monoisotopic (exact) mass is 291 g/mol. The molecule has 116 valence electrons. The lowest BCUT2D eigenvalue weighted by Gasteiger charge is -2.44. The van der Waals surface area contributed by atoms with Gasteiger partial charge in [-0.1, -0.05) is 6.92 Å². The van der Waals surface area contributed by atoms with Crippen molar-refractivity contribution >= 4 is 0 Å². The summed E-state index contributed by atoms with van der Waals surface area (Å²) in [6.07, 6.45) is 4.13. The Morgan fingerprint density at radius 3 is 2.86 bits per heavy atom. The van der Waals surface area contributed by atoms with Crippen molar-refractivity contribution in [2.45, 2.75) is 44.3 Å². The lowest BCUT2D eigenvalue weighted by Crippen LogP contribution is -2.49. The number of hydrogen-bond acceptors (Lipinski definition) is 4. The molecule has 4 heteroatoms. The first-order valence-electron chi connectivity index (χ1n) is 7.95. The average Bonchev–Trinajstić information content (AvgIpc) is 2.52. The highest BCUT2D eigenvalue weighted by Gasteiger charge is 2.42. The molecule has 1 aromatic carbocycles. The molecular formula is C17H25NO3. The predicted octanol–water partition coefficient (Wildman–Crippen LogP) is 3.07. The first-order valence-corrected chi connectivity index (χ1v) is 7.95. The molecule has 1 N–H and O–H groups in total. The third-order valence-electron chi connectivity index (χ3n) is 4.49. The summed E-state index contributed by atoms with van der Waals surface area (Å²) < 4.78 is 17.9. The number of fused-ring (bicyclic) bond motifs is 1. The summed E-state index contributed by atoms with van der Waals surface area (Å²) in [7, 11) is 1.79. The highest BCUT2D eigenvalue weighted by atomic mass is 16.5. The van der Waals surface area contributed by atoms with E-state index in [0.29, 0.717) is 0 Å². The summed E-state index contributed by atoms with van der Waals surface area (Å²) in [4.78, 5) is 0. The van der Waals surface area contributed by atoms with Crippen molar-refractivity contribution in [2.24, 2.45) is 0 Å². The van der Waals surface area contributed by atoms with E-state index in [1.165, 1.54) is 0 Å². The van der Waals surface area contributed by atoms with Crippen LogP contribution in [0.5, 0.6) is 11.5 Å². The molecule has 1 fully saturated rings. The van der Waals surface area contributed by atoms with Gasteiger partial charge >= 0.3 is 0 Å². The Labute approximate surface area is 126 Å². The molecule has 2 heterocycles. The van der Waals surface area contributed by atoms with Gasteiger partial charge in [0.15, 0.2) is 0 Å². The Bertz CT molecular complexity index is 483. The van der Waals surface area contributed by atoms with Crippen LogP contribution in [0.25, 0.3) is 0 Å². The molecule has 0 aliphatic carbocycles. The fraction of sp³-hybridized carbons (Fsp3) is 0.647. The van der Waals surface area contributed by atoms with E-state index >= 15 is 0 Å². The summed E-state index contributed by atoms with van der Waals surface area (Å²) in [5.41, 5.74) is 1.06. The zero-order valence-electron chi connectivity index (χ0n) is 13.0. The smallest absolute Gasteiger partial charge is 0.129 e. The Kier molecular flexibility index (Phi) is 4.36. The minimum Gasteiger partial charge on any atom is -0.493 e. The molecule has 0 saturated carbocycles. The van der Waals surface area contributed by atoms with Gasteiger partial charge < -0.3 is 19.5 Å². The zero-order valence-corrected chi connectivity index (χ0v) is 13.0. The summed E-state index contributed by atoms with van der Waals surface area (Å²) in [5, 5.41) is 3.41. The highest BCUT2D eigenvalue weighted by molar-refractivity contribution is 5.44. The van der Waals surface area contributed by atoms with Crippen LogP contribution in [0.4, 0.5) is 0 Å². The predicted molar refractivity (Wildman–Crippen MR) is 82.1 cm³/mol. The summed E-state index contributed by atoms with van der Waals surface area (Å²) >= 11 is 0. The number of piperidine rings is 1. The SMILES string of the molecule is CCCOc1ccc2c(c1)OC1(CCNCC1)CC2OC. The molecule has 0 bridgehead atoms. The second-order valence-corrected chi connectivity index (χ2v) is 6.01. The molecule has 21 heavy (non-hydrogen) atoms. The number of methoxy groups -OCH3 is 1. The van der Waals surface area contributed by atoms with E-state index in [0.717, 1.165) is 62.4 Å². The number of benzene rings is 1. The van der Waals surface area contributed by atoms with Crippen molar-refractivity contribution in [1.29, 1.82) is 0 Å². The Morgan fingerprint density at radius 1 is 1.33 bits per heavy atom. The van der Waals surface area contributed by atoms with Crippen LogP contribution in [-0.2, 0) is 4.74 Å². The van der Waals surface area contributed by atoms with E-state index < -0.39 is 0 Å². The zero-order chi connectivity index (χ0) is 14.7. The van der Waals surface area contributed by atoms with Gasteiger partial charge in [0.2, 0.25) is 0 Å². The first kappa shape index (κ1) is 14.7. The average molecular weight is 291 g/mol. The molecular weight excluding hydrogens is 266 g/mol. The highest BCUT2D eigenvalue weighted by Crippen LogP contribution is 2.45. The van der Waals surface area contributed by atoms with E-state index in [2.05, 4.69) is 18.3 Å². The lowest BCUT2D eigenvalue weighted by molar-refractivity contribution is -0.0480. The Balaban J connectivity index is 1.87. The second-order valence-electron chi connectivity index (χ2n) is 6.01. The minimum absolute atomic E-state index is 0.0810.